The number of aryl methyl sites for hydroxylation is 1. The summed E-state index contributed by atoms with van der Waals surface area (Å²) in [7, 11) is 0. The summed E-state index contributed by atoms with van der Waals surface area (Å²) in [6.07, 6.45) is 1.81. The van der Waals surface area contributed by atoms with Crippen molar-refractivity contribution in [2.75, 3.05) is 5.32 Å². The Labute approximate surface area is 97.6 Å². The average Bonchev–Trinajstić information content (AvgIpc) is 2.79. The molecule has 0 aromatic carbocycles. The number of anilines is 1. The van der Waals surface area contributed by atoms with Crippen LogP contribution in [0.15, 0.2) is 23.8 Å². The maximum absolute atomic E-state index is 8.93. The Morgan fingerprint density at radius 1 is 1.50 bits per heavy atom. The number of hydrogen-bond acceptors (Lipinski definition) is 5. The van der Waals surface area contributed by atoms with Gasteiger partial charge in [0.05, 0.1) is 17.6 Å². The molecule has 0 fully saturated rings. The predicted molar refractivity (Wildman–Crippen MR) is 63.1 cm³/mol. The molecule has 0 saturated carbocycles. The third-order valence-electron chi connectivity index (χ3n) is 2.07. The number of pyridine rings is 1. The lowest BCUT2D eigenvalue weighted by molar-refractivity contribution is 1.10. The molecule has 1 N–H and O–H groups in total. The van der Waals surface area contributed by atoms with Crippen molar-refractivity contribution < 1.29 is 0 Å². The van der Waals surface area contributed by atoms with Crippen molar-refractivity contribution in [2.24, 2.45) is 0 Å². The lowest BCUT2D eigenvalue weighted by Crippen LogP contribution is -2.03. The van der Waals surface area contributed by atoms with Crippen molar-refractivity contribution in [1.82, 2.24) is 9.97 Å². The minimum atomic E-state index is 0.565. The highest BCUT2D eigenvalue weighted by molar-refractivity contribution is 7.09. The first-order chi connectivity index (χ1) is 7.79. The van der Waals surface area contributed by atoms with Gasteiger partial charge in [-0.15, -0.1) is 11.3 Å². The standard InChI is InChI=1S/C11H10N4S/c1-8-2-3-9(4-12)11(15-8)14-6-10-5-13-7-16-10/h2-3,5,7H,6H2,1H3,(H,14,15). The van der Waals surface area contributed by atoms with Gasteiger partial charge in [-0.05, 0) is 19.1 Å². The zero-order valence-corrected chi connectivity index (χ0v) is 9.58. The quantitative estimate of drug-likeness (QED) is 0.879. The van der Waals surface area contributed by atoms with Gasteiger partial charge in [-0.1, -0.05) is 0 Å². The van der Waals surface area contributed by atoms with Crippen molar-refractivity contribution in [3.05, 3.63) is 40.0 Å². The largest absolute Gasteiger partial charge is 0.364 e. The van der Waals surface area contributed by atoms with Crippen LogP contribution in [0.2, 0.25) is 0 Å². The van der Waals surface area contributed by atoms with Gasteiger partial charge >= 0.3 is 0 Å². The van der Waals surface area contributed by atoms with Gasteiger partial charge in [-0.2, -0.15) is 5.26 Å². The molecule has 0 aliphatic carbocycles. The molecule has 2 heterocycles. The van der Waals surface area contributed by atoms with Gasteiger partial charge in [-0.25, -0.2) is 4.98 Å². The van der Waals surface area contributed by atoms with Crippen LogP contribution in [-0.4, -0.2) is 9.97 Å². The molecular weight excluding hydrogens is 220 g/mol. The van der Waals surface area contributed by atoms with Gasteiger partial charge in [0.15, 0.2) is 0 Å². The molecule has 2 aromatic heterocycles. The fraction of sp³-hybridized carbons (Fsp3) is 0.182. The van der Waals surface area contributed by atoms with Crippen molar-refractivity contribution in [3.63, 3.8) is 0 Å². The Morgan fingerprint density at radius 3 is 3.06 bits per heavy atom. The van der Waals surface area contributed by atoms with Gasteiger partial charge in [0, 0.05) is 16.8 Å². The molecule has 0 aliphatic rings. The van der Waals surface area contributed by atoms with E-state index in [4.69, 9.17) is 5.26 Å². The summed E-state index contributed by atoms with van der Waals surface area (Å²) < 4.78 is 0. The molecule has 0 atom stereocenters. The summed E-state index contributed by atoms with van der Waals surface area (Å²) in [6, 6.07) is 5.72. The lowest BCUT2D eigenvalue weighted by Gasteiger charge is -2.06. The van der Waals surface area contributed by atoms with Gasteiger partial charge in [0.25, 0.3) is 0 Å². The highest BCUT2D eigenvalue weighted by Gasteiger charge is 2.03. The monoisotopic (exact) mass is 230 g/mol. The second-order valence-electron chi connectivity index (χ2n) is 3.28. The van der Waals surface area contributed by atoms with Gasteiger partial charge in [0.1, 0.15) is 11.9 Å². The fourth-order valence-corrected chi connectivity index (χ4v) is 1.82. The zero-order chi connectivity index (χ0) is 11.4. The summed E-state index contributed by atoms with van der Waals surface area (Å²) in [6.45, 7) is 2.55. The van der Waals surface area contributed by atoms with Crippen molar-refractivity contribution >= 4 is 17.2 Å². The van der Waals surface area contributed by atoms with E-state index in [1.807, 2.05) is 13.0 Å². The van der Waals surface area contributed by atoms with Crippen molar-refractivity contribution in [2.45, 2.75) is 13.5 Å². The molecular formula is C11H10N4S. The van der Waals surface area contributed by atoms with Crippen molar-refractivity contribution in [3.8, 4) is 6.07 Å². The topological polar surface area (TPSA) is 61.6 Å². The summed E-state index contributed by atoms with van der Waals surface area (Å²) >= 11 is 1.58. The molecule has 0 radical (unpaired) electrons. The van der Waals surface area contributed by atoms with E-state index in [1.54, 1.807) is 29.1 Å². The Morgan fingerprint density at radius 2 is 2.38 bits per heavy atom. The molecule has 2 aromatic rings. The molecule has 2 rings (SSSR count). The van der Waals surface area contributed by atoms with Crippen LogP contribution < -0.4 is 5.32 Å². The van der Waals surface area contributed by atoms with Crippen LogP contribution in [-0.2, 0) is 6.54 Å². The van der Waals surface area contributed by atoms with Crippen LogP contribution in [0.5, 0.6) is 0 Å². The smallest absolute Gasteiger partial charge is 0.144 e. The molecule has 0 unspecified atom stereocenters. The molecule has 4 nitrogen and oxygen atoms in total. The van der Waals surface area contributed by atoms with E-state index in [-0.39, 0.29) is 0 Å². The number of nitriles is 1. The molecule has 0 bridgehead atoms. The lowest BCUT2D eigenvalue weighted by atomic mass is 10.2. The van der Waals surface area contributed by atoms with Crippen LogP contribution in [0.3, 0.4) is 0 Å². The molecule has 0 saturated heterocycles. The maximum atomic E-state index is 8.93. The Bertz CT molecular complexity index is 513. The van der Waals surface area contributed by atoms with Gasteiger partial charge in [-0.3, -0.25) is 4.98 Å². The van der Waals surface area contributed by atoms with Gasteiger partial charge in [0.2, 0.25) is 0 Å². The number of rotatable bonds is 3. The third kappa shape index (κ3) is 2.35. The molecule has 16 heavy (non-hydrogen) atoms. The maximum Gasteiger partial charge on any atom is 0.144 e. The number of hydrogen-bond donors (Lipinski definition) is 1. The predicted octanol–water partition coefficient (Wildman–Crippen LogP) is 2.33. The van der Waals surface area contributed by atoms with Gasteiger partial charge < -0.3 is 5.32 Å². The number of nitrogens with one attached hydrogen (secondary N) is 1. The van der Waals surface area contributed by atoms with E-state index >= 15 is 0 Å². The summed E-state index contributed by atoms with van der Waals surface area (Å²) in [4.78, 5) is 9.40. The van der Waals surface area contributed by atoms with E-state index in [0.29, 0.717) is 17.9 Å². The second-order valence-corrected chi connectivity index (χ2v) is 4.25. The normalized spacial score (nSPS) is 9.75. The zero-order valence-electron chi connectivity index (χ0n) is 8.77. The summed E-state index contributed by atoms with van der Waals surface area (Å²) in [5, 5.41) is 12.1. The number of thiazole rings is 1. The Balaban J connectivity index is 2.15. The minimum Gasteiger partial charge on any atom is -0.364 e. The van der Waals surface area contributed by atoms with Crippen molar-refractivity contribution in [1.29, 1.82) is 5.26 Å². The highest BCUT2D eigenvalue weighted by atomic mass is 32.1. The summed E-state index contributed by atoms with van der Waals surface area (Å²) in [5.74, 6) is 0.635. The number of nitrogens with zero attached hydrogens (tertiary/aromatic N) is 3. The molecule has 0 aliphatic heterocycles. The van der Waals surface area contributed by atoms with Crippen LogP contribution in [0.25, 0.3) is 0 Å². The number of aromatic nitrogens is 2. The minimum absolute atomic E-state index is 0.565. The third-order valence-corrected chi connectivity index (χ3v) is 2.85. The van der Waals surface area contributed by atoms with E-state index < -0.39 is 0 Å². The molecule has 0 spiro atoms. The first-order valence-electron chi connectivity index (χ1n) is 4.78. The molecule has 0 amide bonds. The SMILES string of the molecule is Cc1ccc(C#N)c(NCc2cncs2)n1. The Hall–Kier alpha value is -1.93. The first kappa shape index (κ1) is 10.6. The first-order valence-corrected chi connectivity index (χ1v) is 5.66. The van der Waals surface area contributed by atoms with Crippen LogP contribution >= 0.6 is 11.3 Å². The van der Waals surface area contributed by atoms with Crippen LogP contribution in [0.1, 0.15) is 16.1 Å². The van der Waals surface area contributed by atoms with E-state index in [1.165, 1.54) is 0 Å². The van der Waals surface area contributed by atoms with E-state index in [9.17, 15) is 0 Å². The molecule has 80 valence electrons. The molecule has 5 heteroatoms. The Kier molecular flexibility index (Phi) is 3.13. The fourth-order valence-electron chi connectivity index (χ4n) is 1.28. The van der Waals surface area contributed by atoms with E-state index in [0.717, 1.165) is 10.6 Å². The highest BCUT2D eigenvalue weighted by Crippen LogP contribution is 2.14. The summed E-state index contributed by atoms with van der Waals surface area (Å²) in [5.41, 5.74) is 3.24. The van der Waals surface area contributed by atoms with E-state index in [2.05, 4.69) is 21.4 Å². The second kappa shape index (κ2) is 4.73. The van der Waals surface area contributed by atoms with Crippen LogP contribution in [0, 0.1) is 18.3 Å². The van der Waals surface area contributed by atoms with Crippen LogP contribution in [0.4, 0.5) is 5.82 Å². The average molecular weight is 230 g/mol.